The summed E-state index contributed by atoms with van der Waals surface area (Å²) in [5.41, 5.74) is 2.16. The fourth-order valence-corrected chi connectivity index (χ4v) is 2.96. The summed E-state index contributed by atoms with van der Waals surface area (Å²) in [6.45, 7) is 5.91. The van der Waals surface area contributed by atoms with E-state index in [1.807, 2.05) is 13.0 Å². The largest absolute Gasteiger partial charge is 0.426 e. The summed E-state index contributed by atoms with van der Waals surface area (Å²) >= 11 is 0. The molecular formula is C25H28N2O8. The average Bonchev–Trinajstić information content (AvgIpc) is 2.77. The molecule has 35 heavy (non-hydrogen) atoms. The normalized spacial score (nSPS) is 10.2. The SMILES string of the molecule is CC(=O)Oc1cc(CNC(=O)CCC(=O)NCc2ccc(OC(C)=O)c(OC(C)=O)c2)ccc1C. The number of aryl methyl sites for hydroxylation is 1. The molecule has 0 aliphatic carbocycles. The molecule has 0 aliphatic rings. The van der Waals surface area contributed by atoms with Crippen LogP contribution in [0.25, 0.3) is 0 Å². The molecule has 2 N–H and O–H groups in total. The lowest BCUT2D eigenvalue weighted by Crippen LogP contribution is -2.27. The number of esters is 3. The summed E-state index contributed by atoms with van der Waals surface area (Å²) in [5, 5.41) is 5.41. The summed E-state index contributed by atoms with van der Waals surface area (Å²) in [6, 6.07) is 9.85. The second kappa shape index (κ2) is 12.9. The minimum Gasteiger partial charge on any atom is -0.426 e. The van der Waals surface area contributed by atoms with Gasteiger partial charge in [0, 0.05) is 46.7 Å². The first-order valence-electron chi connectivity index (χ1n) is 10.8. The molecule has 0 bridgehead atoms. The van der Waals surface area contributed by atoms with Crippen LogP contribution in [0.2, 0.25) is 0 Å². The highest BCUT2D eigenvalue weighted by Gasteiger charge is 2.13. The van der Waals surface area contributed by atoms with E-state index >= 15 is 0 Å². The van der Waals surface area contributed by atoms with Crippen LogP contribution in [0.4, 0.5) is 0 Å². The second-order valence-corrected chi connectivity index (χ2v) is 7.72. The van der Waals surface area contributed by atoms with Gasteiger partial charge in [0.15, 0.2) is 11.5 Å². The van der Waals surface area contributed by atoms with Crippen molar-refractivity contribution >= 4 is 29.7 Å². The number of carbonyl (C=O) groups excluding carboxylic acids is 5. The second-order valence-electron chi connectivity index (χ2n) is 7.72. The first-order valence-corrected chi connectivity index (χ1v) is 10.8. The van der Waals surface area contributed by atoms with Crippen LogP contribution in [0.3, 0.4) is 0 Å². The van der Waals surface area contributed by atoms with Crippen molar-refractivity contribution in [3.8, 4) is 17.2 Å². The summed E-state index contributed by atoms with van der Waals surface area (Å²) < 4.78 is 15.2. The molecular weight excluding hydrogens is 456 g/mol. The molecule has 0 fully saturated rings. The molecule has 0 atom stereocenters. The zero-order chi connectivity index (χ0) is 26.0. The Morgan fingerprint density at radius 2 is 1.06 bits per heavy atom. The molecule has 2 aromatic rings. The van der Waals surface area contributed by atoms with Crippen LogP contribution >= 0.6 is 0 Å². The van der Waals surface area contributed by atoms with Gasteiger partial charge in [0.2, 0.25) is 11.8 Å². The van der Waals surface area contributed by atoms with Crippen molar-refractivity contribution in [2.75, 3.05) is 0 Å². The maximum absolute atomic E-state index is 12.2. The van der Waals surface area contributed by atoms with Crippen LogP contribution in [0.1, 0.15) is 50.3 Å². The number of hydrogen-bond acceptors (Lipinski definition) is 8. The molecule has 0 saturated heterocycles. The number of carbonyl (C=O) groups is 5. The standard InChI is InChI=1S/C25H28N2O8/c1-15-5-6-19(11-22(15)34-17(3)29)13-26-24(31)9-10-25(32)27-14-20-7-8-21(33-16(2)28)23(12-20)35-18(4)30/h5-8,11-12H,9-10,13-14H2,1-4H3,(H,26,31)(H,27,32). The van der Waals surface area contributed by atoms with Crippen molar-refractivity contribution in [1.29, 1.82) is 0 Å². The lowest BCUT2D eigenvalue weighted by molar-refractivity contribution is -0.134. The van der Waals surface area contributed by atoms with Gasteiger partial charge in [0.05, 0.1) is 0 Å². The Morgan fingerprint density at radius 1 is 0.629 bits per heavy atom. The van der Waals surface area contributed by atoms with E-state index in [0.29, 0.717) is 11.3 Å². The molecule has 2 rings (SSSR count). The van der Waals surface area contributed by atoms with Crippen molar-refractivity contribution in [2.45, 2.75) is 53.6 Å². The molecule has 10 heteroatoms. The molecule has 0 aromatic heterocycles. The molecule has 0 radical (unpaired) electrons. The molecule has 2 aromatic carbocycles. The summed E-state index contributed by atoms with van der Waals surface area (Å²) in [7, 11) is 0. The van der Waals surface area contributed by atoms with Crippen molar-refractivity contribution in [3.05, 3.63) is 53.1 Å². The lowest BCUT2D eigenvalue weighted by atomic mass is 10.1. The van der Waals surface area contributed by atoms with E-state index in [0.717, 1.165) is 11.1 Å². The highest BCUT2D eigenvalue weighted by molar-refractivity contribution is 5.83. The van der Waals surface area contributed by atoms with E-state index in [9.17, 15) is 24.0 Å². The van der Waals surface area contributed by atoms with Gasteiger partial charge in [0.1, 0.15) is 5.75 Å². The fraction of sp³-hybridized carbons (Fsp3) is 0.320. The molecule has 0 aliphatic heterocycles. The van der Waals surface area contributed by atoms with Gasteiger partial charge in [0.25, 0.3) is 0 Å². The van der Waals surface area contributed by atoms with Crippen LogP contribution in [0, 0.1) is 6.92 Å². The number of hydrogen-bond donors (Lipinski definition) is 2. The van der Waals surface area contributed by atoms with Crippen molar-refractivity contribution in [3.63, 3.8) is 0 Å². The van der Waals surface area contributed by atoms with Gasteiger partial charge in [-0.1, -0.05) is 18.2 Å². The number of rotatable bonds is 10. The predicted molar refractivity (Wildman–Crippen MR) is 124 cm³/mol. The van der Waals surface area contributed by atoms with Crippen molar-refractivity contribution < 1.29 is 38.2 Å². The average molecular weight is 485 g/mol. The van der Waals surface area contributed by atoms with E-state index in [4.69, 9.17) is 14.2 Å². The highest BCUT2D eigenvalue weighted by Crippen LogP contribution is 2.29. The van der Waals surface area contributed by atoms with Gasteiger partial charge < -0.3 is 24.8 Å². The van der Waals surface area contributed by atoms with Crippen LogP contribution in [0.15, 0.2) is 36.4 Å². The summed E-state index contributed by atoms with van der Waals surface area (Å²) in [4.78, 5) is 58.0. The van der Waals surface area contributed by atoms with Crippen LogP contribution < -0.4 is 24.8 Å². The maximum atomic E-state index is 12.2. The number of nitrogens with one attached hydrogen (secondary N) is 2. The lowest BCUT2D eigenvalue weighted by Gasteiger charge is -2.11. The Kier molecular flexibility index (Phi) is 9.95. The summed E-state index contributed by atoms with van der Waals surface area (Å²) in [6.07, 6.45) is -0.0423. The molecule has 0 spiro atoms. The Balaban J connectivity index is 1.82. The van der Waals surface area contributed by atoms with Crippen LogP contribution in [0.5, 0.6) is 17.2 Å². The minimum absolute atomic E-state index is 0.0153. The Labute approximate surface area is 202 Å². The monoisotopic (exact) mass is 484 g/mol. The first kappa shape index (κ1) is 27.0. The third-order valence-corrected chi connectivity index (χ3v) is 4.58. The van der Waals surface area contributed by atoms with Gasteiger partial charge in [-0.3, -0.25) is 24.0 Å². The molecule has 0 heterocycles. The van der Waals surface area contributed by atoms with Gasteiger partial charge in [-0.2, -0.15) is 0 Å². The van der Waals surface area contributed by atoms with Gasteiger partial charge in [-0.15, -0.1) is 0 Å². The zero-order valence-corrected chi connectivity index (χ0v) is 20.1. The third-order valence-electron chi connectivity index (χ3n) is 4.58. The van der Waals surface area contributed by atoms with Crippen LogP contribution in [-0.4, -0.2) is 29.7 Å². The molecule has 0 unspecified atom stereocenters. The van der Waals surface area contributed by atoms with Gasteiger partial charge in [-0.25, -0.2) is 0 Å². The fourth-order valence-electron chi connectivity index (χ4n) is 2.96. The van der Waals surface area contributed by atoms with E-state index < -0.39 is 17.9 Å². The quantitative estimate of drug-likeness (QED) is 0.388. The molecule has 186 valence electrons. The smallest absolute Gasteiger partial charge is 0.308 e. The Morgan fingerprint density at radius 3 is 1.57 bits per heavy atom. The number of benzene rings is 2. The summed E-state index contributed by atoms with van der Waals surface area (Å²) in [5.74, 6) is -1.64. The van der Waals surface area contributed by atoms with E-state index in [1.54, 1.807) is 18.2 Å². The first-order chi connectivity index (χ1) is 16.5. The van der Waals surface area contributed by atoms with Crippen molar-refractivity contribution in [1.82, 2.24) is 10.6 Å². The van der Waals surface area contributed by atoms with E-state index in [2.05, 4.69) is 10.6 Å². The van der Waals surface area contributed by atoms with Gasteiger partial charge in [-0.05, 0) is 41.8 Å². The van der Waals surface area contributed by atoms with Crippen molar-refractivity contribution in [2.24, 2.45) is 0 Å². The van der Waals surface area contributed by atoms with Crippen LogP contribution in [-0.2, 0) is 37.1 Å². The van der Waals surface area contributed by atoms with E-state index in [-0.39, 0.29) is 49.2 Å². The minimum atomic E-state index is -0.584. The topological polar surface area (TPSA) is 137 Å². The number of ether oxygens (including phenoxy) is 3. The number of amides is 2. The van der Waals surface area contributed by atoms with Gasteiger partial charge >= 0.3 is 17.9 Å². The zero-order valence-electron chi connectivity index (χ0n) is 20.1. The maximum Gasteiger partial charge on any atom is 0.308 e. The van der Waals surface area contributed by atoms with E-state index in [1.165, 1.54) is 32.9 Å². The molecule has 10 nitrogen and oxygen atoms in total. The predicted octanol–water partition coefficient (Wildman–Crippen LogP) is 2.48. The third kappa shape index (κ3) is 9.66. The molecule has 0 saturated carbocycles. The highest BCUT2D eigenvalue weighted by atomic mass is 16.6. The molecule has 2 amide bonds. The Bertz CT molecular complexity index is 1130. The Hall–Kier alpha value is -4.21.